The van der Waals surface area contributed by atoms with Crippen LogP contribution in [-0.2, 0) is 20.0 Å². The molecule has 1 aromatic rings. The summed E-state index contributed by atoms with van der Waals surface area (Å²) in [6.45, 7) is 3.49. The highest BCUT2D eigenvalue weighted by molar-refractivity contribution is 7.90. The van der Waals surface area contributed by atoms with Crippen molar-refractivity contribution in [1.29, 1.82) is 0 Å². The van der Waals surface area contributed by atoms with Crippen LogP contribution in [0.4, 0.5) is 0 Å². The number of carbonyl (C=O) groups excluding carboxylic acids is 1. The Morgan fingerprint density at radius 1 is 0.786 bits per heavy atom. The lowest BCUT2D eigenvalue weighted by molar-refractivity contribution is 0.0692. The van der Waals surface area contributed by atoms with Crippen LogP contribution in [0.25, 0.3) is 0 Å². The molecule has 2 aliphatic rings. The molecule has 0 atom stereocenters. The molecule has 0 aromatic heterocycles. The van der Waals surface area contributed by atoms with Gasteiger partial charge in [-0.3, -0.25) is 4.79 Å². The van der Waals surface area contributed by atoms with Crippen LogP contribution in [0.15, 0.2) is 29.2 Å². The first-order valence-electron chi connectivity index (χ1n) is 9.12. The molecule has 2 aliphatic heterocycles. The molecular formula is C17H26N4O5S2. The van der Waals surface area contributed by atoms with Crippen LogP contribution in [0, 0.1) is 0 Å². The topological polar surface area (TPSA) is 98.3 Å². The van der Waals surface area contributed by atoms with Gasteiger partial charge in [-0.05, 0) is 31.3 Å². The summed E-state index contributed by atoms with van der Waals surface area (Å²) in [5.41, 5.74) is 0.391. The molecule has 2 heterocycles. The molecule has 28 heavy (non-hydrogen) atoms. The fourth-order valence-corrected chi connectivity index (χ4v) is 5.54. The lowest BCUT2D eigenvalue weighted by Crippen LogP contribution is -2.57. The molecular weight excluding hydrogens is 404 g/mol. The van der Waals surface area contributed by atoms with Crippen LogP contribution in [0.1, 0.15) is 10.4 Å². The minimum atomic E-state index is -3.51. The minimum Gasteiger partial charge on any atom is -0.336 e. The Balaban J connectivity index is 1.61. The summed E-state index contributed by atoms with van der Waals surface area (Å²) in [6.07, 6.45) is 1.11. The molecule has 0 unspecified atom stereocenters. The number of likely N-dealkylation sites (N-methyl/N-ethyl adjacent to an activating group) is 1. The van der Waals surface area contributed by atoms with Crippen molar-refractivity contribution >= 4 is 26.0 Å². The van der Waals surface area contributed by atoms with Gasteiger partial charge in [0.25, 0.3) is 16.1 Å². The van der Waals surface area contributed by atoms with Gasteiger partial charge in [0.1, 0.15) is 0 Å². The Hall–Kier alpha value is -1.53. The van der Waals surface area contributed by atoms with Gasteiger partial charge in [0.15, 0.2) is 9.84 Å². The van der Waals surface area contributed by atoms with E-state index in [0.29, 0.717) is 44.8 Å². The molecule has 2 fully saturated rings. The average molecular weight is 431 g/mol. The summed E-state index contributed by atoms with van der Waals surface area (Å²) < 4.78 is 51.6. The van der Waals surface area contributed by atoms with E-state index in [1.807, 2.05) is 7.05 Å². The van der Waals surface area contributed by atoms with E-state index in [4.69, 9.17) is 0 Å². The number of hydrogen-bond acceptors (Lipinski definition) is 6. The second-order valence-electron chi connectivity index (χ2n) is 7.20. The van der Waals surface area contributed by atoms with Crippen molar-refractivity contribution in [3.8, 4) is 0 Å². The minimum absolute atomic E-state index is 0.159. The maximum atomic E-state index is 12.8. The highest BCUT2D eigenvalue weighted by Crippen LogP contribution is 2.17. The fraction of sp³-hybridized carbons (Fsp3) is 0.588. The molecule has 0 aliphatic carbocycles. The van der Waals surface area contributed by atoms with E-state index in [0.717, 1.165) is 6.26 Å². The number of amides is 1. The smallest absolute Gasteiger partial charge is 0.282 e. The van der Waals surface area contributed by atoms with Gasteiger partial charge in [0.05, 0.1) is 4.90 Å². The predicted molar refractivity (Wildman–Crippen MR) is 105 cm³/mol. The van der Waals surface area contributed by atoms with Crippen LogP contribution in [0.5, 0.6) is 0 Å². The molecule has 3 rings (SSSR count). The van der Waals surface area contributed by atoms with Gasteiger partial charge in [-0.25, -0.2) is 8.42 Å². The molecule has 0 spiro atoms. The van der Waals surface area contributed by atoms with E-state index in [1.165, 1.54) is 32.9 Å². The zero-order chi connectivity index (χ0) is 20.5. The van der Waals surface area contributed by atoms with E-state index >= 15 is 0 Å². The van der Waals surface area contributed by atoms with Gasteiger partial charge in [0.2, 0.25) is 0 Å². The Labute approximate surface area is 166 Å². The third-order valence-corrected chi connectivity index (χ3v) is 8.33. The third kappa shape index (κ3) is 4.54. The van der Waals surface area contributed by atoms with E-state index < -0.39 is 20.0 Å². The number of carbonyl (C=O) groups is 1. The first-order valence-corrected chi connectivity index (χ1v) is 12.4. The van der Waals surface area contributed by atoms with E-state index in [1.54, 1.807) is 4.90 Å². The third-order valence-electron chi connectivity index (χ3n) is 5.17. The van der Waals surface area contributed by atoms with E-state index in [9.17, 15) is 21.6 Å². The Morgan fingerprint density at radius 2 is 1.25 bits per heavy atom. The number of nitrogens with zero attached hydrogens (tertiary/aromatic N) is 4. The molecule has 2 saturated heterocycles. The van der Waals surface area contributed by atoms with Crippen molar-refractivity contribution in [3.05, 3.63) is 29.8 Å². The zero-order valence-corrected chi connectivity index (χ0v) is 17.7. The molecule has 1 aromatic carbocycles. The maximum Gasteiger partial charge on any atom is 0.282 e. The highest BCUT2D eigenvalue weighted by atomic mass is 32.2. The van der Waals surface area contributed by atoms with Gasteiger partial charge in [-0.15, -0.1) is 0 Å². The number of hydrogen-bond donors (Lipinski definition) is 0. The largest absolute Gasteiger partial charge is 0.336 e. The predicted octanol–water partition coefficient (Wildman–Crippen LogP) is -0.660. The van der Waals surface area contributed by atoms with Gasteiger partial charge >= 0.3 is 0 Å². The first-order chi connectivity index (χ1) is 13.1. The Bertz CT molecular complexity index is 915. The van der Waals surface area contributed by atoms with Crippen molar-refractivity contribution in [3.63, 3.8) is 0 Å². The summed E-state index contributed by atoms with van der Waals surface area (Å²) in [6, 6.07) is 5.81. The van der Waals surface area contributed by atoms with Crippen LogP contribution < -0.4 is 0 Å². The van der Waals surface area contributed by atoms with Crippen LogP contribution in [-0.4, -0.2) is 107 Å². The second-order valence-corrected chi connectivity index (χ2v) is 11.1. The number of piperazine rings is 2. The van der Waals surface area contributed by atoms with Crippen molar-refractivity contribution in [1.82, 2.24) is 18.4 Å². The van der Waals surface area contributed by atoms with E-state index in [-0.39, 0.29) is 23.9 Å². The zero-order valence-electron chi connectivity index (χ0n) is 16.1. The molecule has 1 amide bonds. The molecule has 11 heteroatoms. The number of benzene rings is 1. The fourth-order valence-electron chi connectivity index (χ4n) is 3.33. The Kier molecular flexibility index (Phi) is 6.11. The lowest BCUT2D eigenvalue weighted by Gasteiger charge is -2.39. The van der Waals surface area contributed by atoms with Gasteiger partial charge in [-0.2, -0.15) is 17.0 Å². The lowest BCUT2D eigenvalue weighted by atomic mass is 10.2. The standard InChI is InChI=1S/C17H26N4O5S2/c1-18-7-11-20(12-8-18)28(25,26)21-13-9-19(10-14-21)17(22)15-3-5-16(6-4-15)27(2,23)24/h3-6H,7-14H2,1-2H3. The quantitative estimate of drug-likeness (QED) is 0.629. The summed E-state index contributed by atoms with van der Waals surface area (Å²) >= 11 is 0. The molecule has 0 saturated carbocycles. The summed E-state index contributed by atoms with van der Waals surface area (Å²) in [5, 5.41) is 0. The monoisotopic (exact) mass is 430 g/mol. The second kappa shape index (κ2) is 8.07. The van der Waals surface area contributed by atoms with Crippen molar-refractivity contribution in [2.45, 2.75) is 4.90 Å². The van der Waals surface area contributed by atoms with Gasteiger partial charge in [0, 0.05) is 64.2 Å². The van der Waals surface area contributed by atoms with E-state index in [2.05, 4.69) is 4.90 Å². The number of rotatable bonds is 4. The summed E-state index contributed by atoms with van der Waals surface area (Å²) in [5.74, 6) is -0.225. The van der Waals surface area contributed by atoms with Crippen LogP contribution >= 0.6 is 0 Å². The van der Waals surface area contributed by atoms with Crippen molar-refractivity contribution in [2.24, 2.45) is 0 Å². The normalized spacial score (nSPS) is 21.0. The van der Waals surface area contributed by atoms with Crippen molar-refractivity contribution in [2.75, 3.05) is 65.7 Å². The van der Waals surface area contributed by atoms with Crippen LogP contribution in [0.3, 0.4) is 0 Å². The Morgan fingerprint density at radius 3 is 1.71 bits per heavy atom. The molecule has 156 valence electrons. The summed E-state index contributed by atoms with van der Waals surface area (Å²) in [4.78, 5) is 16.5. The number of sulfone groups is 1. The molecule has 0 radical (unpaired) electrons. The first kappa shape index (κ1) is 21.2. The average Bonchev–Trinajstić information content (AvgIpc) is 2.67. The molecule has 0 N–H and O–H groups in total. The van der Waals surface area contributed by atoms with Gasteiger partial charge in [-0.1, -0.05) is 0 Å². The van der Waals surface area contributed by atoms with Crippen molar-refractivity contribution < 1.29 is 21.6 Å². The molecule has 0 bridgehead atoms. The SMILES string of the molecule is CN1CCN(S(=O)(=O)N2CCN(C(=O)c3ccc(S(C)(=O)=O)cc3)CC2)CC1. The molecule has 9 nitrogen and oxygen atoms in total. The van der Waals surface area contributed by atoms with Gasteiger partial charge < -0.3 is 9.80 Å². The van der Waals surface area contributed by atoms with Crippen LogP contribution in [0.2, 0.25) is 0 Å². The summed E-state index contributed by atoms with van der Waals surface area (Å²) in [7, 11) is -4.85. The maximum absolute atomic E-state index is 12.8. The highest BCUT2D eigenvalue weighted by Gasteiger charge is 2.34.